The number of nitrogens with one attached hydrogen (secondary N) is 1. The third-order valence-electron chi connectivity index (χ3n) is 3.23. The van der Waals surface area contributed by atoms with Gasteiger partial charge in [-0.2, -0.15) is 10.2 Å². The van der Waals surface area contributed by atoms with Crippen LogP contribution >= 0.6 is 0 Å². The van der Waals surface area contributed by atoms with E-state index in [1.54, 1.807) is 14.1 Å². The van der Waals surface area contributed by atoms with E-state index >= 15 is 0 Å². The van der Waals surface area contributed by atoms with Gasteiger partial charge in [0.15, 0.2) is 0 Å². The van der Waals surface area contributed by atoms with E-state index in [1.165, 1.54) is 28.0 Å². The number of aromatic nitrogens is 4. The number of aliphatic carboxylic acids is 1. The van der Waals surface area contributed by atoms with Gasteiger partial charge >= 0.3 is 5.97 Å². The van der Waals surface area contributed by atoms with Crippen molar-refractivity contribution in [2.75, 3.05) is 19.4 Å². The molecule has 0 fully saturated rings. The van der Waals surface area contributed by atoms with Crippen LogP contribution in [0.2, 0.25) is 0 Å². The first-order valence-corrected chi connectivity index (χ1v) is 7.17. The van der Waals surface area contributed by atoms with Crippen LogP contribution in [0.4, 0.5) is 5.69 Å². The lowest BCUT2D eigenvalue weighted by molar-refractivity contribution is -0.137. The maximum Gasteiger partial charge on any atom is 0.325 e. The van der Waals surface area contributed by atoms with E-state index in [4.69, 9.17) is 5.11 Å². The van der Waals surface area contributed by atoms with Crippen molar-refractivity contribution in [2.24, 2.45) is 0 Å². The van der Waals surface area contributed by atoms with E-state index in [0.29, 0.717) is 6.54 Å². The fourth-order valence-corrected chi connectivity index (χ4v) is 2.12. The number of nitrogens with zero attached hydrogens (tertiary/aromatic N) is 5. The quantitative estimate of drug-likeness (QED) is 0.774. The Morgan fingerprint density at radius 2 is 1.96 bits per heavy atom. The molecule has 10 heteroatoms. The largest absolute Gasteiger partial charge is 0.480 e. The van der Waals surface area contributed by atoms with Gasteiger partial charge in [-0.15, -0.1) is 0 Å². The van der Waals surface area contributed by atoms with Gasteiger partial charge in [-0.1, -0.05) is 0 Å². The monoisotopic (exact) mass is 334 g/mol. The molecular formula is C14H18N6O4. The number of carboxylic acid groups (broad SMARTS) is 1. The van der Waals surface area contributed by atoms with Gasteiger partial charge in [0.05, 0.1) is 11.9 Å². The number of amides is 2. The number of carboxylic acids is 1. The molecule has 2 N–H and O–H groups in total. The highest BCUT2D eigenvalue weighted by molar-refractivity contribution is 6.07. The van der Waals surface area contributed by atoms with E-state index in [2.05, 4.69) is 15.5 Å². The highest BCUT2D eigenvalue weighted by Crippen LogP contribution is 2.18. The minimum atomic E-state index is -1.12. The van der Waals surface area contributed by atoms with Gasteiger partial charge in [0, 0.05) is 26.8 Å². The van der Waals surface area contributed by atoms with E-state index in [1.807, 2.05) is 6.92 Å². The highest BCUT2D eigenvalue weighted by atomic mass is 16.4. The van der Waals surface area contributed by atoms with E-state index < -0.39 is 18.4 Å². The molecule has 0 spiro atoms. The van der Waals surface area contributed by atoms with Crippen LogP contribution < -0.4 is 5.32 Å². The third kappa shape index (κ3) is 3.42. The Kier molecular flexibility index (Phi) is 4.97. The van der Waals surface area contributed by atoms with Crippen molar-refractivity contribution in [1.29, 1.82) is 0 Å². The SMILES string of the molecule is CCn1ncc(NC(=O)c2ccnn2CC(=O)O)c1C(=O)N(C)C. The van der Waals surface area contributed by atoms with Crippen LogP contribution in [0.3, 0.4) is 0 Å². The first-order chi connectivity index (χ1) is 11.3. The van der Waals surface area contributed by atoms with Gasteiger partial charge < -0.3 is 15.3 Å². The molecule has 10 nitrogen and oxygen atoms in total. The second-order valence-corrected chi connectivity index (χ2v) is 5.14. The van der Waals surface area contributed by atoms with Crippen molar-refractivity contribution in [3.8, 4) is 0 Å². The number of rotatable bonds is 6. The summed E-state index contributed by atoms with van der Waals surface area (Å²) in [6.45, 7) is 1.85. The fraction of sp³-hybridized carbons (Fsp3) is 0.357. The van der Waals surface area contributed by atoms with Crippen molar-refractivity contribution in [2.45, 2.75) is 20.0 Å². The fourth-order valence-electron chi connectivity index (χ4n) is 2.12. The molecule has 0 aromatic carbocycles. The summed E-state index contributed by atoms with van der Waals surface area (Å²) in [5.74, 6) is -1.99. The highest BCUT2D eigenvalue weighted by Gasteiger charge is 2.22. The minimum Gasteiger partial charge on any atom is -0.480 e. The van der Waals surface area contributed by atoms with Crippen molar-refractivity contribution in [3.63, 3.8) is 0 Å². The van der Waals surface area contributed by atoms with Crippen LogP contribution in [-0.4, -0.2) is 61.4 Å². The molecule has 0 aliphatic rings. The molecule has 128 valence electrons. The first kappa shape index (κ1) is 17.2. The molecule has 2 aromatic rings. The van der Waals surface area contributed by atoms with Crippen LogP contribution in [0.5, 0.6) is 0 Å². The molecule has 0 aliphatic carbocycles. The maximum absolute atomic E-state index is 12.4. The summed E-state index contributed by atoms with van der Waals surface area (Å²) in [7, 11) is 3.20. The lowest BCUT2D eigenvalue weighted by Gasteiger charge is -2.13. The average Bonchev–Trinajstić information content (AvgIpc) is 3.12. The summed E-state index contributed by atoms with van der Waals surface area (Å²) in [5, 5.41) is 19.3. The van der Waals surface area contributed by atoms with Crippen LogP contribution in [0.1, 0.15) is 27.9 Å². The molecule has 2 rings (SSSR count). The summed E-state index contributed by atoms with van der Waals surface area (Å²) in [4.78, 5) is 36.9. The van der Waals surface area contributed by atoms with Gasteiger partial charge in [0.25, 0.3) is 11.8 Å². The van der Waals surface area contributed by atoms with Crippen LogP contribution in [0, 0.1) is 0 Å². The molecule has 2 amide bonds. The molecule has 0 aliphatic heterocycles. The lowest BCUT2D eigenvalue weighted by Crippen LogP contribution is -2.27. The summed E-state index contributed by atoms with van der Waals surface area (Å²) < 4.78 is 2.54. The number of hydrogen-bond acceptors (Lipinski definition) is 5. The van der Waals surface area contributed by atoms with Crippen LogP contribution in [-0.2, 0) is 17.9 Å². The van der Waals surface area contributed by atoms with Crippen molar-refractivity contribution in [1.82, 2.24) is 24.5 Å². The Bertz CT molecular complexity index is 776. The maximum atomic E-state index is 12.4. The number of carbonyl (C=O) groups is 3. The normalized spacial score (nSPS) is 10.5. The molecule has 0 saturated heterocycles. The van der Waals surface area contributed by atoms with E-state index in [9.17, 15) is 14.4 Å². The molecule has 2 aromatic heterocycles. The molecule has 24 heavy (non-hydrogen) atoms. The molecule has 0 saturated carbocycles. The number of hydrogen-bond donors (Lipinski definition) is 2. The molecule has 0 atom stereocenters. The average molecular weight is 334 g/mol. The zero-order chi connectivity index (χ0) is 17.9. The third-order valence-corrected chi connectivity index (χ3v) is 3.23. The topological polar surface area (TPSA) is 122 Å². The van der Waals surface area contributed by atoms with Crippen molar-refractivity contribution >= 4 is 23.5 Å². The van der Waals surface area contributed by atoms with Crippen LogP contribution in [0.25, 0.3) is 0 Å². The number of anilines is 1. The summed E-state index contributed by atoms with van der Waals surface area (Å²) in [6, 6.07) is 1.40. The van der Waals surface area contributed by atoms with Crippen molar-refractivity contribution < 1.29 is 19.5 Å². The Morgan fingerprint density at radius 3 is 2.54 bits per heavy atom. The first-order valence-electron chi connectivity index (χ1n) is 7.17. The number of aryl methyl sites for hydroxylation is 1. The molecule has 0 radical (unpaired) electrons. The molecule has 0 unspecified atom stereocenters. The summed E-state index contributed by atoms with van der Waals surface area (Å²) >= 11 is 0. The Morgan fingerprint density at radius 1 is 1.25 bits per heavy atom. The zero-order valence-electron chi connectivity index (χ0n) is 13.6. The Hall–Kier alpha value is -3.17. The summed E-state index contributed by atoms with van der Waals surface area (Å²) in [5.41, 5.74) is 0.577. The second-order valence-electron chi connectivity index (χ2n) is 5.14. The van der Waals surface area contributed by atoms with E-state index in [0.717, 1.165) is 4.68 Å². The second kappa shape index (κ2) is 6.94. The minimum absolute atomic E-state index is 0.0740. The van der Waals surface area contributed by atoms with Gasteiger partial charge in [-0.25, -0.2) is 4.68 Å². The number of carbonyl (C=O) groups excluding carboxylic acids is 2. The van der Waals surface area contributed by atoms with E-state index in [-0.39, 0.29) is 23.0 Å². The summed E-state index contributed by atoms with van der Waals surface area (Å²) in [6.07, 6.45) is 2.72. The predicted octanol–water partition coefficient (Wildman–Crippen LogP) is 0.138. The smallest absolute Gasteiger partial charge is 0.325 e. The van der Waals surface area contributed by atoms with Gasteiger partial charge in [0.2, 0.25) is 0 Å². The Balaban J connectivity index is 2.30. The molecular weight excluding hydrogens is 316 g/mol. The predicted molar refractivity (Wildman–Crippen MR) is 83.7 cm³/mol. The Labute approximate surface area is 137 Å². The standard InChI is InChI=1S/C14H18N6O4/c1-4-19-12(14(24)18(2)3)9(7-16-19)17-13(23)10-5-6-15-20(10)8-11(21)22/h5-7H,4,8H2,1-3H3,(H,17,23)(H,21,22). The molecule has 2 heterocycles. The van der Waals surface area contributed by atoms with Crippen molar-refractivity contribution in [3.05, 3.63) is 29.8 Å². The molecule has 0 bridgehead atoms. The van der Waals surface area contributed by atoms with Gasteiger partial charge in [-0.3, -0.25) is 19.1 Å². The van der Waals surface area contributed by atoms with Crippen LogP contribution in [0.15, 0.2) is 18.5 Å². The zero-order valence-corrected chi connectivity index (χ0v) is 13.6. The van der Waals surface area contributed by atoms with Gasteiger partial charge in [-0.05, 0) is 13.0 Å². The van der Waals surface area contributed by atoms with Gasteiger partial charge in [0.1, 0.15) is 17.9 Å². The lowest BCUT2D eigenvalue weighted by atomic mass is 10.3.